The topological polar surface area (TPSA) is 0 Å². The Labute approximate surface area is 88.6 Å². The second-order valence-corrected chi connectivity index (χ2v) is 2.91. The van der Waals surface area contributed by atoms with Crippen molar-refractivity contribution in [2.75, 3.05) is 0 Å². The van der Waals surface area contributed by atoms with Crippen LogP contribution in [0.25, 0.3) is 0 Å². The molecule has 0 saturated carbocycles. The normalized spacial score (nSPS) is 8.00. The van der Waals surface area contributed by atoms with E-state index >= 15 is 0 Å². The van der Waals surface area contributed by atoms with Crippen LogP contribution < -0.4 is 29.2 Å². The van der Waals surface area contributed by atoms with Crippen LogP contribution in [0, 0.1) is 13.8 Å². The second-order valence-electron chi connectivity index (χ2n) is 2.29. The molecule has 0 atom stereocenters. The summed E-state index contributed by atoms with van der Waals surface area (Å²) >= 11 is 2.72. The van der Waals surface area contributed by atoms with Crippen molar-refractivity contribution in [2.24, 2.45) is 0 Å². The number of hydrogen-bond donors (Lipinski definition) is 0. The van der Waals surface area contributed by atoms with E-state index in [-0.39, 0.29) is 24.8 Å². The third-order valence-corrected chi connectivity index (χ3v) is 2.27. The van der Waals surface area contributed by atoms with Crippen molar-refractivity contribution in [1.82, 2.24) is 0 Å². The van der Waals surface area contributed by atoms with Gasteiger partial charge >= 0.3 is 63.9 Å². The van der Waals surface area contributed by atoms with Gasteiger partial charge in [-0.15, -0.1) is 0 Å². The van der Waals surface area contributed by atoms with Gasteiger partial charge in [0.05, 0.1) is 0 Å². The summed E-state index contributed by atoms with van der Waals surface area (Å²) in [6.07, 6.45) is 0. The zero-order valence-corrected chi connectivity index (χ0v) is 9.23. The second kappa shape index (κ2) is 5.92. The molecular formula is C8H9AlCl2. The van der Waals surface area contributed by atoms with Crippen molar-refractivity contribution < 1.29 is 24.8 Å². The van der Waals surface area contributed by atoms with Gasteiger partial charge in [-0.1, -0.05) is 0 Å². The van der Waals surface area contributed by atoms with Gasteiger partial charge in [0.25, 0.3) is 0 Å². The van der Waals surface area contributed by atoms with E-state index in [0.717, 1.165) is 0 Å². The molecule has 0 bridgehead atoms. The van der Waals surface area contributed by atoms with Crippen LogP contribution in [0.4, 0.5) is 0 Å². The minimum Gasteiger partial charge on any atom is -1.00 e. The Bertz CT molecular complexity index is 203. The third kappa shape index (κ3) is 3.49. The van der Waals surface area contributed by atoms with Gasteiger partial charge in [-0.3, -0.25) is 0 Å². The molecule has 0 fully saturated rings. The molecule has 0 heterocycles. The Kier molecular flexibility index (Phi) is 7.47. The van der Waals surface area contributed by atoms with Gasteiger partial charge in [-0.2, -0.15) is 0 Å². The molecule has 0 aliphatic rings. The molecule has 0 aromatic heterocycles. The first-order chi connectivity index (χ1) is 4.22. The molecule has 0 aliphatic heterocycles. The van der Waals surface area contributed by atoms with Crippen LogP contribution in [-0.4, -0.2) is 16.3 Å². The average molecular weight is 203 g/mol. The summed E-state index contributed by atoms with van der Waals surface area (Å²) in [4.78, 5) is 0. The Morgan fingerprint density at radius 1 is 1.09 bits per heavy atom. The van der Waals surface area contributed by atoms with Crippen LogP contribution in [-0.2, 0) is 0 Å². The van der Waals surface area contributed by atoms with Gasteiger partial charge in [0.1, 0.15) is 0 Å². The molecule has 0 spiro atoms. The Morgan fingerprint density at radius 2 is 1.64 bits per heavy atom. The molecule has 1 aromatic rings. The minimum atomic E-state index is 0. The fourth-order valence-corrected chi connectivity index (χ4v) is 1.11. The summed E-state index contributed by atoms with van der Waals surface area (Å²) in [5, 5.41) is 0. The first kappa shape index (κ1) is 13.9. The molecule has 0 saturated heterocycles. The van der Waals surface area contributed by atoms with Gasteiger partial charge in [-0.05, 0) is 0 Å². The number of hydrogen-bond acceptors (Lipinski definition) is 0. The SMILES string of the molecule is Cc1ccc[c]([Al+2])c1C.[Cl-].[Cl-]. The standard InChI is InChI=1S/C8H9.Al.2ClH/c1-7-5-3-4-6-8(7)2;;;/h3-5H,1-2H3;;2*1H/q;+2;;/p-2. The van der Waals surface area contributed by atoms with Crippen molar-refractivity contribution in [3.05, 3.63) is 29.3 Å². The fraction of sp³-hybridized carbons (Fsp3) is 0.250. The van der Waals surface area contributed by atoms with E-state index in [4.69, 9.17) is 0 Å². The molecule has 1 rings (SSSR count). The Balaban J connectivity index is 0. The minimum absolute atomic E-state index is 0. The van der Waals surface area contributed by atoms with Crippen molar-refractivity contribution in [3.63, 3.8) is 0 Å². The van der Waals surface area contributed by atoms with Gasteiger partial charge < -0.3 is 24.8 Å². The fourth-order valence-electron chi connectivity index (χ4n) is 0.774. The van der Waals surface area contributed by atoms with Gasteiger partial charge in [0.2, 0.25) is 0 Å². The zero-order valence-electron chi connectivity index (χ0n) is 6.57. The van der Waals surface area contributed by atoms with E-state index in [0.29, 0.717) is 0 Å². The van der Waals surface area contributed by atoms with Crippen molar-refractivity contribution >= 4 is 20.7 Å². The summed E-state index contributed by atoms with van der Waals surface area (Å²) in [6.45, 7) is 4.26. The maximum Gasteiger partial charge on any atom is -1.00 e. The number of halogens is 2. The van der Waals surface area contributed by atoms with E-state index in [1.54, 1.807) is 0 Å². The molecule has 58 valence electrons. The van der Waals surface area contributed by atoms with Crippen LogP contribution in [0.1, 0.15) is 11.1 Å². The van der Waals surface area contributed by atoms with E-state index < -0.39 is 0 Å². The quantitative estimate of drug-likeness (QED) is 0.371. The van der Waals surface area contributed by atoms with Gasteiger partial charge in [-0.25, -0.2) is 0 Å². The van der Waals surface area contributed by atoms with Crippen LogP contribution in [0.3, 0.4) is 0 Å². The van der Waals surface area contributed by atoms with E-state index in [1.165, 1.54) is 15.6 Å². The molecule has 0 radical (unpaired) electrons. The summed E-state index contributed by atoms with van der Waals surface area (Å²) in [5.41, 5.74) is 2.74. The molecule has 1 aromatic carbocycles. The van der Waals surface area contributed by atoms with Crippen molar-refractivity contribution in [1.29, 1.82) is 0 Å². The Morgan fingerprint density at radius 3 is 2.00 bits per heavy atom. The summed E-state index contributed by atoms with van der Waals surface area (Å²) in [7, 11) is 0. The van der Waals surface area contributed by atoms with Gasteiger partial charge in [0, 0.05) is 0 Å². The molecular weight excluding hydrogens is 194 g/mol. The average Bonchev–Trinajstić information content (AvgIpc) is 1.83. The summed E-state index contributed by atoms with van der Waals surface area (Å²) < 4.78 is 1.30. The van der Waals surface area contributed by atoms with Crippen LogP contribution in [0.2, 0.25) is 0 Å². The molecule has 3 heteroatoms. The molecule has 0 amide bonds. The maximum atomic E-state index is 2.72. The first-order valence-corrected chi connectivity index (χ1v) is 3.61. The monoisotopic (exact) mass is 202 g/mol. The molecule has 0 aliphatic carbocycles. The molecule has 0 nitrogen and oxygen atoms in total. The Hall–Kier alpha value is 0.332. The predicted molar refractivity (Wildman–Crippen MR) is 41.3 cm³/mol. The van der Waals surface area contributed by atoms with Crippen molar-refractivity contribution in [3.8, 4) is 0 Å². The third-order valence-electron chi connectivity index (χ3n) is 1.65. The predicted octanol–water partition coefficient (Wildman–Crippen LogP) is -4.89. The van der Waals surface area contributed by atoms with E-state index in [2.05, 4.69) is 48.3 Å². The van der Waals surface area contributed by atoms with E-state index in [9.17, 15) is 0 Å². The van der Waals surface area contributed by atoms with Crippen molar-refractivity contribution in [2.45, 2.75) is 13.8 Å². The van der Waals surface area contributed by atoms with E-state index in [1.807, 2.05) is 0 Å². The smallest absolute Gasteiger partial charge is 1.00 e. The first-order valence-electron chi connectivity index (χ1n) is 3.03. The van der Waals surface area contributed by atoms with Crippen LogP contribution in [0.5, 0.6) is 0 Å². The zero-order chi connectivity index (χ0) is 6.85. The van der Waals surface area contributed by atoms with Gasteiger partial charge in [0.15, 0.2) is 0 Å². The number of aryl methyl sites for hydroxylation is 1. The molecule has 0 unspecified atom stereocenters. The maximum absolute atomic E-state index is 2.72. The molecule has 11 heavy (non-hydrogen) atoms. The van der Waals surface area contributed by atoms with Crippen LogP contribution in [0.15, 0.2) is 18.2 Å². The summed E-state index contributed by atoms with van der Waals surface area (Å²) in [6, 6.07) is 6.31. The number of benzene rings is 1. The largest absolute Gasteiger partial charge is 1.00 e. The summed E-state index contributed by atoms with van der Waals surface area (Å²) in [5.74, 6) is 0. The molecule has 0 N–H and O–H groups in total. The van der Waals surface area contributed by atoms with Crippen LogP contribution >= 0.6 is 0 Å². The number of rotatable bonds is 0.